The molecule has 1 rings (SSSR count). The Labute approximate surface area is 75.7 Å². The van der Waals surface area contributed by atoms with Gasteiger partial charge < -0.3 is 5.32 Å². The van der Waals surface area contributed by atoms with E-state index < -0.39 is 0 Å². The molecule has 0 unspecified atom stereocenters. The van der Waals surface area contributed by atoms with E-state index in [4.69, 9.17) is 0 Å². The summed E-state index contributed by atoms with van der Waals surface area (Å²) in [5.41, 5.74) is 0.458. The predicted molar refractivity (Wildman–Crippen MR) is 52.3 cm³/mol. The van der Waals surface area contributed by atoms with Gasteiger partial charge in [0.25, 0.3) is 0 Å². The highest BCUT2D eigenvalue weighted by molar-refractivity contribution is 5.85. The minimum atomic E-state index is 0. The lowest BCUT2D eigenvalue weighted by Gasteiger charge is -2.38. The van der Waals surface area contributed by atoms with Gasteiger partial charge in [0.2, 0.25) is 0 Å². The number of hydrogen-bond acceptors (Lipinski definition) is 1. The van der Waals surface area contributed by atoms with Gasteiger partial charge in [-0.1, -0.05) is 12.2 Å². The lowest BCUT2D eigenvalue weighted by molar-refractivity contribution is 0.291. The highest BCUT2D eigenvalue weighted by atomic mass is 35.5. The van der Waals surface area contributed by atoms with Gasteiger partial charge in [-0.05, 0) is 34.1 Å². The van der Waals surface area contributed by atoms with Crippen molar-refractivity contribution in [2.45, 2.75) is 45.2 Å². The van der Waals surface area contributed by atoms with Crippen LogP contribution in [0.15, 0.2) is 12.2 Å². The van der Waals surface area contributed by atoms with Crippen molar-refractivity contribution >= 4 is 12.4 Å². The van der Waals surface area contributed by atoms with Crippen LogP contribution in [0.4, 0.5) is 0 Å². The lowest BCUT2D eigenvalue weighted by atomic mass is 9.89. The Hall–Kier alpha value is -0.0100. The molecular formula is C9H18ClN. The minimum Gasteiger partial charge on any atom is -0.303 e. The molecule has 0 spiro atoms. The van der Waals surface area contributed by atoms with E-state index >= 15 is 0 Å². The molecule has 1 aliphatic rings. The van der Waals surface area contributed by atoms with Gasteiger partial charge in [0.05, 0.1) is 0 Å². The highest BCUT2D eigenvalue weighted by Gasteiger charge is 2.27. The molecule has 0 atom stereocenters. The molecule has 0 fully saturated rings. The fraction of sp³-hybridized carbons (Fsp3) is 0.778. The van der Waals surface area contributed by atoms with Crippen molar-refractivity contribution in [3.63, 3.8) is 0 Å². The topological polar surface area (TPSA) is 12.0 Å². The smallest absolute Gasteiger partial charge is 0.0311 e. The van der Waals surface area contributed by atoms with Crippen molar-refractivity contribution < 1.29 is 0 Å². The van der Waals surface area contributed by atoms with Crippen LogP contribution >= 0.6 is 12.4 Å². The maximum absolute atomic E-state index is 3.55. The Morgan fingerprint density at radius 1 is 1.18 bits per heavy atom. The Bertz CT molecular complexity index is 159. The van der Waals surface area contributed by atoms with Crippen LogP contribution in [0.3, 0.4) is 0 Å². The van der Waals surface area contributed by atoms with Crippen LogP contribution in [-0.2, 0) is 0 Å². The molecule has 11 heavy (non-hydrogen) atoms. The van der Waals surface area contributed by atoms with Crippen LogP contribution < -0.4 is 5.32 Å². The number of nitrogens with one attached hydrogen (secondary N) is 1. The number of rotatable bonds is 0. The summed E-state index contributed by atoms with van der Waals surface area (Å²) in [6.07, 6.45) is 5.63. The zero-order valence-electron chi connectivity index (χ0n) is 7.77. The molecule has 1 heterocycles. The average molecular weight is 176 g/mol. The summed E-state index contributed by atoms with van der Waals surface area (Å²) < 4.78 is 0. The Balaban J connectivity index is 0.000001000. The summed E-state index contributed by atoms with van der Waals surface area (Å²) in [4.78, 5) is 0. The first-order valence-corrected chi connectivity index (χ1v) is 3.88. The van der Waals surface area contributed by atoms with Crippen molar-refractivity contribution in [1.82, 2.24) is 5.32 Å². The molecule has 0 bridgehead atoms. The van der Waals surface area contributed by atoms with Gasteiger partial charge in [-0.3, -0.25) is 0 Å². The number of halogens is 1. The van der Waals surface area contributed by atoms with E-state index in [-0.39, 0.29) is 23.5 Å². The van der Waals surface area contributed by atoms with Gasteiger partial charge in [-0.25, -0.2) is 0 Å². The van der Waals surface area contributed by atoms with Crippen LogP contribution in [0.25, 0.3) is 0 Å². The summed E-state index contributed by atoms with van der Waals surface area (Å²) in [6.45, 7) is 8.87. The molecular weight excluding hydrogens is 158 g/mol. The maximum atomic E-state index is 3.55. The van der Waals surface area contributed by atoms with Crippen molar-refractivity contribution in [1.29, 1.82) is 0 Å². The third-order valence-electron chi connectivity index (χ3n) is 1.82. The molecule has 1 aliphatic heterocycles. The van der Waals surface area contributed by atoms with E-state index in [9.17, 15) is 0 Å². The molecule has 1 nitrogen and oxygen atoms in total. The molecule has 0 aromatic heterocycles. The van der Waals surface area contributed by atoms with Crippen molar-refractivity contribution in [3.05, 3.63) is 12.2 Å². The molecule has 66 valence electrons. The fourth-order valence-corrected chi connectivity index (χ4v) is 1.61. The summed E-state index contributed by atoms with van der Waals surface area (Å²) in [6, 6.07) is 0. The maximum Gasteiger partial charge on any atom is 0.0311 e. The Morgan fingerprint density at radius 3 is 2.00 bits per heavy atom. The van der Waals surface area contributed by atoms with Gasteiger partial charge in [0, 0.05) is 11.1 Å². The monoisotopic (exact) mass is 175 g/mol. The van der Waals surface area contributed by atoms with E-state index in [1.54, 1.807) is 0 Å². The minimum absolute atomic E-state index is 0. The first-order chi connectivity index (χ1) is 4.41. The molecule has 0 saturated heterocycles. The zero-order valence-corrected chi connectivity index (χ0v) is 8.59. The average Bonchev–Trinajstić information content (AvgIpc) is 1.56. The Morgan fingerprint density at radius 2 is 1.73 bits per heavy atom. The molecule has 1 N–H and O–H groups in total. The second-order valence-corrected chi connectivity index (χ2v) is 4.34. The molecule has 2 heteroatoms. The van der Waals surface area contributed by atoms with Gasteiger partial charge in [-0.15, -0.1) is 12.4 Å². The summed E-state index contributed by atoms with van der Waals surface area (Å²) in [5.74, 6) is 0. The summed E-state index contributed by atoms with van der Waals surface area (Å²) in [5, 5.41) is 3.55. The highest BCUT2D eigenvalue weighted by Crippen LogP contribution is 2.21. The van der Waals surface area contributed by atoms with Gasteiger partial charge >= 0.3 is 0 Å². The predicted octanol–water partition coefficient (Wildman–Crippen LogP) is 2.51. The zero-order chi connectivity index (χ0) is 7.83. The van der Waals surface area contributed by atoms with Crippen LogP contribution in [0.1, 0.15) is 34.1 Å². The first-order valence-electron chi connectivity index (χ1n) is 3.88. The van der Waals surface area contributed by atoms with E-state index in [0.29, 0.717) is 0 Å². The standard InChI is InChI=1S/C9H17N.ClH/c1-8(2)6-5-7-9(3,4)10-8;/h5-6,10H,7H2,1-4H3;1H. The Kier molecular flexibility index (Phi) is 3.15. The molecule has 0 saturated carbocycles. The van der Waals surface area contributed by atoms with Crippen LogP contribution in [0, 0.1) is 0 Å². The SMILES string of the molecule is CC1(C)C=CCC(C)(C)N1.Cl. The van der Waals surface area contributed by atoms with E-state index in [0.717, 1.165) is 6.42 Å². The molecule has 0 amide bonds. The molecule has 0 aromatic rings. The second-order valence-electron chi connectivity index (χ2n) is 4.34. The summed E-state index contributed by atoms with van der Waals surface area (Å²) in [7, 11) is 0. The third-order valence-corrected chi connectivity index (χ3v) is 1.82. The fourth-order valence-electron chi connectivity index (χ4n) is 1.61. The van der Waals surface area contributed by atoms with Crippen LogP contribution in [0.2, 0.25) is 0 Å². The van der Waals surface area contributed by atoms with Gasteiger partial charge in [-0.2, -0.15) is 0 Å². The molecule has 0 aromatic carbocycles. The lowest BCUT2D eigenvalue weighted by Crippen LogP contribution is -2.52. The van der Waals surface area contributed by atoms with E-state index in [1.165, 1.54) is 0 Å². The largest absolute Gasteiger partial charge is 0.303 e. The van der Waals surface area contributed by atoms with Crippen molar-refractivity contribution in [3.8, 4) is 0 Å². The number of hydrogen-bond donors (Lipinski definition) is 1. The van der Waals surface area contributed by atoms with E-state index in [1.807, 2.05) is 0 Å². The molecule has 0 radical (unpaired) electrons. The summed E-state index contributed by atoms with van der Waals surface area (Å²) >= 11 is 0. The van der Waals surface area contributed by atoms with Crippen molar-refractivity contribution in [2.24, 2.45) is 0 Å². The van der Waals surface area contributed by atoms with Crippen LogP contribution in [-0.4, -0.2) is 11.1 Å². The quantitative estimate of drug-likeness (QED) is 0.558. The van der Waals surface area contributed by atoms with Crippen molar-refractivity contribution in [2.75, 3.05) is 0 Å². The van der Waals surface area contributed by atoms with Gasteiger partial charge in [0.1, 0.15) is 0 Å². The van der Waals surface area contributed by atoms with Crippen LogP contribution in [0.5, 0.6) is 0 Å². The van der Waals surface area contributed by atoms with Gasteiger partial charge in [0.15, 0.2) is 0 Å². The molecule has 0 aliphatic carbocycles. The second kappa shape index (κ2) is 3.16. The third kappa shape index (κ3) is 3.26. The van der Waals surface area contributed by atoms with E-state index in [2.05, 4.69) is 45.2 Å². The normalized spacial score (nSPS) is 25.8. The first kappa shape index (κ1) is 11.0.